The molecule has 122 valence electrons. The van der Waals surface area contributed by atoms with E-state index in [0.717, 1.165) is 12.1 Å². The van der Waals surface area contributed by atoms with Gasteiger partial charge >= 0.3 is 5.97 Å². The smallest absolute Gasteiger partial charge is 0.308 e. The molecule has 0 saturated heterocycles. The van der Waals surface area contributed by atoms with Gasteiger partial charge in [0.2, 0.25) is 0 Å². The predicted molar refractivity (Wildman–Crippen MR) is 86.9 cm³/mol. The van der Waals surface area contributed by atoms with Gasteiger partial charge in [0.05, 0.1) is 11.6 Å². The molecule has 0 fully saturated rings. The number of aliphatic carboxylic acids is 1. The summed E-state index contributed by atoms with van der Waals surface area (Å²) in [6, 6.07) is 8.68. The first kappa shape index (κ1) is 17.0. The number of carbonyl (C=O) groups excluding carboxylic acids is 1. The molecule has 0 spiro atoms. The van der Waals surface area contributed by atoms with Crippen LogP contribution in [0.5, 0.6) is 0 Å². The van der Waals surface area contributed by atoms with E-state index in [1.165, 1.54) is 0 Å². The van der Waals surface area contributed by atoms with E-state index in [0.29, 0.717) is 11.4 Å². The van der Waals surface area contributed by atoms with Gasteiger partial charge in [-0.2, -0.15) is 5.10 Å². The maximum Gasteiger partial charge on any atom is 0.308 e. The molecule has 1 aromatic heterocycles. The molecular formula is C16H18ClN3O3. The van der Waals surface area contributed by atoms with Crippen LogP contribution in [0.3, 0.4) is 0 Å². The number of hydrogen-bond donors (Lipinski definition) is 2. The van der Waals surface area contributed by atoms with E-state index < -0.39 is 17.8 Å². The van der Waals surface area contributed by atoms with Crippen LogP contribution in [0, 0.1) is 5.92 Å². The second kappa shape index (κ2) is 7.78. The van der Waals surface area contributed by atoms with Crippen LogP contribution in [0.4, 0.5) is 0 Å². The molecule has 6 nitrogen and oxygen atoms in total. The Morgan fingerprint density at radius 2 is 2.17 bits per heavy atom. The summed E-state index contributed by atoms with van der Waals surface area (Å²) in [5.41, 5.74) is 0.969. The molecule has 0 bridgehead atoms. The lowest BCUT2D eigenvalue weighted by Gasteiger charge is -2.11. The van der Waals surface area contributed by atoms with E-state index >= 15 is 0 Å². The summed E-state index contributed by atoms with van der Waals surface area (Å²) in [7, 11) is 0. The Balaban J connectivity index is 2.02. The summed E-state index contributed by atoms with van der Waals surface area (Å²) in [6.45, 7) is 2.00. The number of hydrogen-bond acceptors (Lipinski definition) is 3. The first-order chi connectivity index (χ1) is 11.0. The molecule has 1 amide bonds. The van der Waals surface area contributed by atoms with Gasteiger partial charge in [-0.3, -0.25) is 9.59 Å². The van der Waals surface area contributed by atoms with Crippen LogP contribution in [-0.2, 0) is 4.79 Å². The van der Waals surface area contributed by atoms with E-state index in [2.05, 4.69) is 10.4 Å². The van der Waals surface area contributed by atoms with Crippen molar-refractivity contribution in [2.24, 2.45) is 5.92 Å². The SMILES string of the molecule is CCCC(CNC(=O)c1ccn(-c2cccc(Cl)c2)n1)C(=O)O. The minimum absolute atomic E-state index is 0.0893. The van der Waals surface area contributed by atoms with Crippen LogP contribution < -0.4 is 5.32 Å². The third-order valence-electron chi connectivity index (χ3n) is 3.39. The molecule has 0 saturated carbocycles. The van der Waals surface area contributed by atoms with Gasteiger partial charge in [0, 0.05) is 17.8 Å². The van der Waals surface area contributed by atoms with Crippen LogP contribution in [0.2, 0.25) is 5.02 Å². The van der Waals surface area contributed by atoms with Crippen LogP contribution in [0.25, 0.3) is 5.69 Å². The van der Waals surface area contributed by atoms with Crippen molar-refractivity contribution in [3.63, 3.8) is 0 Å². The number of carboxylic acid groups (broad SMARTS) is 1. The lowest BCUT2D eigenvalue weighted by molar-refractivity contribution is -0.141. The highest BCUT2D eigenvalue weighted by Gasteiger charge is 2.18. The second-order valence-corrected chi connectivity index (χ2v) is 5.60. The summed E-state index contributed by atoms with van der Waals surface area (Å²) < 4.78 is 1.54. The number of amides is 1. The molecule has 2 rings (SSSR count). The summed E-state index contributed by atoms with van der Waals surface area (Å²) in [6.07, 6.45) is 2.92. The van der Waals surface area contributed by atoms with Crippen molar-refractivity contribution in [3.8, 4) is 5.69 Å². The van der Waals surface area contributed by atoms with Crippen molar-refractivity contribution in [1.82, 2.24) is 15.1 Å². The van der Waals surface area contributed by atoms with Crippen molar-refractivity contribution < 1.29 is 14.7 Å². The topological polar surface area (TPSA) is 84.2 Å². The molecule has 2 N–H and O–H groups in total. The lowest BCUT2D eigenvalue weighted by Crippen LogP contribution is -2.33. The second-order valence-electron chi connectivity index (χ2n) is 5.16. The van der Waals surface area contributed by atoms with Crippen molar-refractivity contribution in [3.05, 3.63) is 47.2 Å². The number of nitrogens with zero attached hydrogens (tertiary/aromatic N) is 2. The molecule has 2 aromatic rings. The lowest BCUT2D eigenvalue weighted by atomic mass is 10.0. The molecular weight excluding hydrogens is 318 g/mol. The average Bonchev–Trinajstić information content (AvgIpc) is 3.01. The molecule has 1 unspecified atom stereocenters. The zero-order valence-electron chi connectivity index (χ0n) is 12.7. The summed E-state index contributed by atoms with van der Waals surface area (Å²) in [5, 5.41) is 16.5. The first-order valence-electron chi connectivity index (χ1n) is 7.34. The molecule has 1 atom stereocenters. The molecule has 1 heterocycles. The third kappa shape index (κ3) is 4.56. The normalized spacial score (nSPS) is 11.9. The van der Waals surface area contributed by atoms with Crippen LogP contribution in [0.15, 0.2) is 36.5 Å². The number of nitrogens with one attached hydrogen (secondary N) is 1. The quantitative estimate of drug-likeness (QED) is 0.814. The van der Waals surface area contributed by atoms with Crippen LogP contribution in [-0.4, -0.2) is 33.3 Å². The Hall–Kier alpha value is -2.34. The highest BCUT2D eigenvalue weighted by molar-refractivity contribution is 6.30. The summed E-state index contributed by atoms with van der Waals surface area (Å²) in [4.78, 5) is 23.2. The molecule has 7 heteroatoms. The number of benzene rings is 1. The number of carbonyl (C=O) groups is 2. The fourth-order valence-electron chi connectivity index (χ4n) is 2.18. The standard InChI is InChI=1S/C16H18ClN3O3/c1-2-4-11(16(22)23)10-18-15(21)14-7-8-20(19-14)13-6-3-5-12(17)9-13/h3,5-9,11H,2,4,10H2,1H3,(H,18,21)(H,22,23). The maximum atomic E-state index is 12.1. The highest BCUT2D eigenvalue weighted by Crippen LogP contribution is 2.14. The Kier molecular flexibility index (Phi) is 5.76. The van der Waals surface area contributed by atoms with Gasteiger partial charge in [-0.05, 0) is 30.7 Å². The Morgan fingerprint density at radius 1 is 1.39 bits per heavy atom. The molecule has 0 radical (unpaired) electrons. The average molecular weight is 336 g/mol. The van der Waals surface area contributed by atoms with E-state index in [9.17, 15) is 9.59 Å². The molecule has 0 aliphatic carbocycles. The van der Waals surface area contributed by atoms with Gasteiger partial charge < -0.3 is 10.4 Å². The highest BCUT2D eigenvalue weighted by atomic mass is 35.5. The van der Waals surface area contributed by atoms with Gasteiger partial charge in [0.15, 0.2) is 5.69 Å². The van der Waals surface area contributed by atoms with Gasteiger partial charge in [-0.1, -0.05) is 31.0 Å². The molecule has 23 heavy (non-hydrogen) atoms. The molecule has 1 aromatic carbocycles. The van der Waals surface area contributed by atoms with Gasteiger partial charge in [0.1, 0.15) is 0 Å². The minimum atomic E-state index is -0.906. The zero-order chi connectivity index (χ0) is 16.8. The number of aromatic nitrogens is 2. The van der Waals surface area contributed by atoms with Crippen molar-refractivity contribution in [1.29, 1.82) is 0 Å². The predicted octanol–water partition coefficient (Wildman–Crippen LogP) is 2.76. The number of rotatable bonds is 7. The Morgan fingerprint density at radius 3 is 2.83 bits per heavy atom. The van der Waals surface area contributed by atoms with Crippen LogP contribution >= 0.6 is 11.6 Å². The number of halogens is 1. The Labute approximate surface area is 139 Å². The van der Waals surface area contributed by atoms with E-state index in [-0.39, 0.29) is 12.2 Å². The van der Waals surface area contributed by atoms with Gasteiger partial charge in [-0.25, -0.2) is 4.68 Å². The molecule has 0 aliphatic heterocycles. The Bertz CT molecular complexity index is 699. The third-order valence-corrected chi connectivity index (χ3v) is 3.62. The van der Waals surface area contributed by atoms with E-state index in [1.807, 2.05) is 13.0 Å². The molecule has 0 aliphatic rings. The monoisotopic (exact) mass is 335 g/mol. The number of carboxylic acids is 1. The van der Waals surface area contributed by atoms with Crippen molar-refractivity contribution >= 4 is 23.5 Å². The van der Waals surface area contributed by atoms with E-state index in [4.69, 9.17) is 16.7 Å². The minimum Gasteiger partial charge on any atom is -0.481 e. The largest absolute Gasteiger partial charge is 0.481 e. The maximum absolute atomic E-state index is 12.1. The first-order valence-corrected chi connectivity index (χ1v) is 7.71. The fourth-order valence-corrected chi connectivity index (χ4v) is 2.36. The van der Waals surface area contributed by atoms with Gasteiger partial charge in [0.25, 0.3) is 5.91 Å². The van der Waals surface area contributed by atoms with E-state index in [1.54, 1.807) is 35.1 Å². The summed E-state index contributed by atoms with van der Waals surface area (Å²) >= 11 is 5.93. The van der Waals surface area contributed by atoms with Gasteiger partial charge in [-0.15, -0.1) is 0 Å². The fraction of sp³-hybridized carbons (Fsp3) is 0.312. The van der Waals surface area contributed by atoms with Crippen molar-refractivity contribution in [2.45, 2.75) is 19.8 Å². The zero-order valence-corrected chi connectivity index (χ0v) is 13.5. The van der Waals surface area contributed by atoms with Crippen LogP contribution in [0.1, 0.15) is 30.3 Å². The summed E-state index contributed by atoms with van der Waals surface area (Å²) in [5.74, 6) is -1.89. The van der Waals surface area contributed by atoms with Crippen molar-refractivity contribution in [2.75, 3.05) is 6.54 Å².